The zero-order valence-corrected chi connectivity index (χ0v) is 10.7. The van der Waals surface area contributed by atoms with E-state index in [-0.39, 0.29) is 12.4 Å². The number of rotatable bonds is 3. The molecule has 0 aliphatic carbocycles. The Morgan fingerprint density at radius 3 is 2.78 bits per heavy atom. The summed E-state index contributed by atoms with van der Waals surface area (Å²) < 4.78 is 18.7. The van der Waals surface area contributed by atoms with Crippen LogP contribution < -0.4 is 10.5 Å². The maximum absolute atomic E-state index is 13.1. The second-order valence-corrected chi connectivity index (χ2v) is 4.46. The number of halogens is 2. The van der Waals surface area contributed by atoms with Crippen LogP contribution in [0.25, 0.3) is 0 Å². The minimum atomic E-state index is -0.280. The van der Waals surface area contributed by atoms with Gasteiger partial charge in [-0.05, 0) is 42.3 Å². The number of anilines is 1. The van der Waals surface area contributed by atoms with Crippen LogP contribution in [0.3, 0.4) is 0 Å². The van der Waals surface area contributed by atoms with Gasteiger partial charge in [-0.15, -0.1) is 0 Å². The average Bonchev–Trinajstić information content (AvgIpc) is 2.34. The molecule has 0 aliphatic heterocycles. The molecule has 0 atom stereocenters. The zero-order chi connectivity index (χ0) is 13.1. The van der Waals surface area contributed by atoms with E-state index < -0.39 is 0 Å². The topological polar surface area (TPSA) is 35.2 Å². The number of benzene rings is 2. The largest absolute Gasteiger partial charge is 0.487 e. The van der Waals surface area contributed by atoms with Crippen LogP contribution in [0.2, 0.25) is 5.02 Å². The lowest BCUT2D eigenvalue weighted by atomic mass is 10.1. The summed E-state index contributed by atoms with van der Waals surface area (Å²) in [5.41, 5.74) is 7.98. The van der Waals surface area contributed by atoms with Gasteiger partial charge in [0.2, 0.25) is 0 Å². The van der Waals surface area contributed by atoms with Crippen molar-refractivity contribution in [3.63, 3.8) is 0 Å². The van der Waals surface area contributed by atoms with Crippen LogP contribution in [0.15, 0.2) is 36.4 Å². The standard InChI is InChI=1S/C14H13ClFNO/c1-9-2-3-11(16)6-10(9)8-18-14-7-12(17)4-5-13(14)15/h2-7H,8,17H2,1H3. The highest BCUT2D eigenvalue weighted by Crippen LogP contribution is 2.27. The van der Waals surface area contributed by atoms with Crippen LogP contribution in [0, 0.1) is 12.7 Å². The Morgan fingerprint density at radius 2 is 2.00 bits per heavy atom. The van der Waals surface area contributed by atoms with Gasteiger partial charge < -0.3 is 10.5 Å². The van der Waals surface area contributed by atoms with Gasteiger partial charge in [-0.25, -0.2) is 4.39 Å². The molecule has 0 heterocycles. The second kappa shape index (κ2) is 5.27. The van der Waals surface area contributed by atoms with E-state index in [0.29, 0.717) is 16.5 Å². The van der Waals surface area contributed by atoms with Gasteiger partial charge in [0.25, 0.3) is 0 Å². The van der Waals surface area contributed by atoms with Gasteiger partial charge in [0.1, 0.15) is 18.2 Å². The molecule has 2 rings (SSSR count). The molecule has 0 spiro atoms. The molecule has 0 aliphatic rings. The molecule has 0 fully saturated rings. The monoisotopic (exact) mass is 265 g/mol. The Labute approximate surface area is 110 Å². The number of ether oxygens (including phenoxy) is 1. The molecule has 0 amide bonds. The van der Waals surface area contributed by atoms with Crippen molar-refractivity contribution in [1.29, 1.82) is 0 Å². The summed E-state index contributed by atoms with van der Waals surface area (Å²) in [6.45, 7) is 2.16. The summed E-state index contributed by atoms with van der Waals surface area (Å²) in [5.74, 6) is 0.221. The van der Waals surface area contributed by atoms with Crippen LogP contribution in [0.4, 0.5) is 10.1 Å². The molecule has 2 N–H and O–H groups in total. The Hall–Kier alpha value is -1.74. The van der Waals surface area contributed by atoms with Crippen molar-refractivity contribution >= 4 is 17.3 Å². The predicted octanol–water partition coefficient (Wildman–Crippen LogP) is 3.95. The molecule has 0 aromatic heterocycles. The summed E-state index contributed by atoms with van der Waals surface area (Å²) in [5, 5.41) is 0.484. The third-order valence-electron chi connectivity index (χ3n) is 2.65. The molecule has 0 unspecified atom stereocenters. The normalized spacial score (nSPS) is 10.4. The number of nitrogen functional groups attached to an aromatic ring is 1. The van der Waals surface area contributed by atoms with E-state index in [4.69, 9.17) is 22.1 Å². The maximum atomic E-state index is 13.1. The SMILES string of the molecule is Cc1ccc(F)cc1COc1cc(N)ccc1Cl. The van der Waals surface area contributed by atoms with E-state index in [1.54, 1.807) is 24.3 Å². The van der Waals surface area contributed by atoms with Crippen molar-refractivity contribution in [1.82, 2.24) is 0 Å². The molecule has 0 saturated heterocycles. The zero-order valence-electron chi connectivity index (χ0n) is 9.91. The first kappa shape index (κ1) is 12.7. The number of hydrogen-bond donors (Lipinski definition) is 1. The molecule has 2 aromatic rings. The smallest absolute Gasteiger partial charge is 0.140 e. The lowest BCUT2D eigenvalue weighted by Crippen LogP contribution is -1.99. The van der Waals surface area contributed by atoms with Crippen LogP contribution in [-0.2, 0) is 6.61 Å². The van der Waals surface area contributed by atoms with Crippen molar-refractivity contribution < 1.29 is 9.13 Å². The highest BCUT2D eigenvalue weighted by atomic mass is 35.5. The average molecular weight is 266 g/mol. The summed E-state index contributed by atoms with van der Waals surface area (Å²) in [6, 6.07) is 9.61. The van der Waals surface area contributed by atoms with Crippen molar-refractivity contribution in [3.8, 4) is 5.75 Å². The number of nitrogens with two attached hydrogens (primary N) is 1. The first-order chi connectivity index (χ1) is 8.56. The Balaban J connectivity index is 2.16. The summed E-state index contributed by atoms with van der Waals surface area (Å²) in [7, 11) is 0. The molecule has 0 radical (unpaired) electrons. The summed E-state index contributed by atoms with van der Waals surface area (Å²) in [6.07, 6.45) is 0. The quantitative estimate of drug-likeness (QED) is 0.853. The van der Waals surface area contributed by atoms with Gasteiger partial charge in [-0.2, -0.15) is 0 Å². The first-order valence-electron chi connectivity index (χ1n) is 5.49. The third kappa shape index (κ3) is 2.93. The number of hydrogen-bond acceptors (Lipinski definition) is 2. The molecule has 0 bridgehead atoms. The van der Waals surface area contributed by atoms with Crippen LogP contribution in [0.5, 0.6) is 5.75 Å². The Morgan fingerprint density at radius 1 is 1.22 bits per heavy atom. The minimum Gasteiger partial charge on any atom is -0.487 e. The van der Waals surface area contributed by atoms with E-state index in [1.165, 1.54) is 12.1 Å². The van der Waals surface area contributed by atoms with Crippen LogP contribution in [0.1, 0.15) is 11.1 Å². The number of aryl methyl sites for hydroxylation is 1. The fourth-order valence-corrected chi connectivity index (χ4v) is 1.75. The molecule has 4 heteroatoms. The van der Waals surface area contributed by atoms with Crippen molar-refractivity contribution in [2.45, 2.75) is 13.5 Å². The third-order valence-corrected chi connectivity index (χ3v) is 2.96. The highest BCUT2D eigenvalue weighted by molar-refractivity contribution is 6.32. The molecular weight excluding hydrogens is 253 g/mol. The van der Waals surface area contributed by atoms with Gasteiger partial charge in [-0.3, -0.25) is 0 Å². The molecule has 2 nitrogen and oxygen atoms in total. The molecule has 2 aromatic carbocycles. The highest BCUT2D eigenvalue weighted by Gasteiger charge is 2.05. The van der Waals surface area contributed by atoms with E-state index >= 15 is 0 Å². The van der Waals surface area contributed by atoms with E-state index in [2.05, 4.69) is 0 Å². The van der Waals surface area contributed by atoms with Gasteiger partial charge >= 0.3 is 0 Å². The summed E-state index contributed by atoms with van der Waals surface area (Å²) in [4.78, 5) is 0. The Bertz CT molecular complexity index is 520. The molecule has 94 valence electrons. The van der Waals surface area contributed by atoms with E-state index in [0.717, 1.165) is 11.1 Å². The van der Waals surface area contributed by atoms with Crippen molar-refractivity contribution in [2.24, 2.45) is 0 Å². The van der Waals surface area contributed by atoms with Gasteiger partial charge in [0, 0.05) is 11.8 Å². The molecule has 18 heavy (non-hydrogen) atoms. The van der Waals surface area contributed by atoms with E-state index in [1.807, 2.05) is 6.92 Å². The van der Waals surface area contributed by atoms with Gasteiger partial charge in [-0.1, -0.05) is 17.7 Å². The first-order valence-corrected chi connectivity index (χ1v) is 5.87. The fourth-order valence-electron chi connectivity index (χ4n) is 1.58. The predicted molar refractivity (Wildman–Crippen MR) is 71.3 cm³/mol. The van der Waals surface area contributed by atoms with Crippen LogP contribution in [-0.4, -0.2) is 0 Å². The van der Waals surface area contributed by atoms with Gasteiger partial charge in [0.05, 0.1) is 5.02 Å². The van der Waals surface area contributed by atoms with Gasteiger partial charge in [0.15, 0.2) is 0 Å². The summed E-state index contributed by atoms with van der Waals surface area (Å²) >= 11 is 5.98. The Kier molecular flexibility index (Phi) is 3.72. The van der Waals surface area contributed by atoms with Crippen molar-refractivity contribution in [3.05, 3.63) is 58.4 Å². The fraction of sp³-hybridized carbons (Fsp3) is 0.143. The minimum absolute atomic E-state index is 0.257. The lowest BCUT2D eigenvalue weighted by Gasteiger charge is -2.10. The molecule has 0 saturated carbocycles. The van der Waals surface area contributed by atoms with Crippen molar-refractivity contribution in [2.75, 3.05) is 5.73 Å². The maximum Gasteiger partial charge on any atom is 0.140 e. The molecular formula is C14H13ClFNO. The lowest BCUT2D eigenvalue weighted by molar-refractivity contribution is 0.305. The van der Waals surface area contributed by atoms with Crippen LogP contribution >= 0.6 is 11.6 Å². The second-order valence-electron chi connectivity index (χ2n) is 4.05. The van der Waals surface area contributed by atoms with E-state index in [9.17, 15) is 4.39 Å².